The van der Waals surface area contributed by atoms with Gasteiger partial charge in [-0.3, -0.25) is 9.59 Å². The van der Waals surface area contributed by atoms with Crippen LogP contribution in [0.4, 0.5) is 0 Å². The molecule has 2 aliphatic carbocycles. The summed E-state index contributed by atoms with van der Waals surface area (Å²) in [6.07, 6.45) is 4.65. The molecule has 5 nitrogen and oxygen atoms in total. The molecule has 0 aromatic heterocycles. The maximum absolute atomic E-state index is 11.6. The Labute approximate surface area is 105 Å². The van der Waals surface area contributed by atoms with Gasteiger partial charge in [-0.15, -0.1) is 0 Å². The van der Waals surface area contributed by atoms with Gasteiger partial charge in [0.2, 0.25) is 0 Å². The lowest BCUT2D eigenvalue weighted by atomic mass is 10.1. The van der Waals surface area contributed by atoms with E-state index in [-0.39, 0.29) is 17.6 Å². The second-order valence-corrected chi connectivity index (χ2v) is 5.35. The number of amides is 2. The van der Waals surface area contributed by atoms with Crippen LogP contribution in [0.1, 0.15) is 25.7 Å². The highest BCUT2D eigenvalue weighted by Gasteiger charge is 2.42. The third-order valence-electron chi connectivity index (χ3n) is 3.19. The van der Waals surface area contributed by atoms with E-state index in [1.54, 1.807) is 0 Å². The second kappa shape index (κ2) is 5.00. The van der Waals surface area contributed by atoms with E-state index in [1.807, 2.05) is 0 Å². The van der Waals surface area contributed by atoms with E-state index in [4.69, 9.17) is 5.73 Å². The minimum absolute atomic E-state index is 0.0686. The molecule has 2 amide bonds. The molecule has 17 heavy (non-hydrogen) atoms. The molecule has 2 rings (SSSR count). The molecule has 0 saturated heterocycles. The van der Waals surface area contributed by atoms with Gasteiger partial charge in [0.1, 0.15) is 0 Å². The predicted octanol–water partition coefficient (Wildman–Crippen LogP) is -0.307. The highest BCUT2D eigenvalue weighted by Crippen LogP contribution is 2.44. The Kier molecular flexibility index (Phi) is 3.61. The Morgan fingerprint density at radius 3 is 2.12 bits per heavy atom. The fraction of sp³-hybridized carbons (Fsp3) is 0.727. The number of hydrogen-bond donors (Lipinski definition) is 3. The molecule has 0 aliphatic heterocycles. The minimum atomic E-state index is -0.649. The maximum Gasteiger partial charge on any atom is 0.309 e. The number of nitrogens with two attached hydrogens (primary N) is 1. The van der Waals surface area contributed by atoms with Crippen molar-refractivity contribution >= 4 is 29.0 Å². The lowest BCUT2D eigenvalue weighted by molar-refractivity contribution is -0.139. The third kappa shape index (κ3) is 3.66. The number of carbonyl (C=O) groups excluding carboxylic acids is 2. The lowest BCUT2D eigenvalue weighted by Crippen LogP contribution is -2.47. The molecule has 0 unspecified atom stereocenters. The zero-order valence-electron chi connectivity index (χ0n) is 9.57. The molecule has 0 bridgehead atoms. The fourth-order valence-corrected chi connectivity index (χ4v) is 2.07. The highest BCUT2D eigenvalue weighted by atomic mass is 32.1. The summed E-state index contributed by atoms with van der Waals surface area (Å²) in [6, 6.07) is 0.193. The lowest BCUT2D eigenvalue weighted by Gasteiger charge is -2.17. The van der Waals surface area contributed by atoms with Crippen molar-refractivity contribution in [2.24, 2.45) is 17.6 Å². The summed E-state index contributed by atoms with van der Waals surface area (Å²) in [5.41, 5.74) is 5.24. The van der Waals surface area contributed by atoms with Crippen LogP contribution < -0.4 is 16.4 Å². The van der Waals surface area contributed by atoms with E-state index in [9.17, 15) is 9.59 Å². The van der Waals surface area contributed by atoms with Crippen LogP contribution in [0.2, 0.25) is 0 Å². The highest BCUT2D eigenvalue weighted by molar-refractivity contribution is 7.80. The van der Waals surface area contributed by atoms with Gasteiger partial charge < -0.3 is 16.4 Å². The number of carbonyl (C=O) groups is 2. The van der Waals surface area contributed by atoms with Crippen molar-refractivity contribution < 1.29 is 9.59 Å². The molecular formula is C11H17N3O2S. The summed E-state index contributed by atoms with van der Waals surface area (Å²) in [4.78, 5) is 23.2. The van der Waals surface area contributed by atoms with Gasteiger partial charge in [-0.2, -0.15) is 0 Å². The molecule has 0 heterocycles. The van der Waals surface area contributed by atoms with Crippen LogP contribution in [0.15, 0.2) is 0 Å². The Morgan fingerprint density at radius 1 is 1.18 bits per heavy atom. The topological polar surface area (TPSA) is 84.2 Å². The molecule has 94 valence electrons. The van der Waals surface area contributed by atoms with E-state index in [2.05, 4.69) is 22.9 Å². The monoisotopic (exact) mass is 255 g/mol. The molecule has 2 aliphatic rings. The first-order valence-corrected chi connectivity index (χ1v) is 6.35. The van der Waals surface area contributed by atoms with Crippen LogP contribution in [-0.2, 0) is 9.59 Å². The summed E-state index contributed by atoms with van der Waals surface area (Å²) in [5, 5.41) is 5.22. The Bertz CT molecular complexity index is 339. The van der Waals surface area contributed by atoms with E-state index in [0.29, 0.717) is 11.8 Å². The molecule has 6 heteroatoms. The maximum atomic E-state index is 11.6. The first-order valence-electron chi connectivity index (χ1n) is 5.95. The molecule has 0 atom stereocenters. The molecule has 0 aromatic carbocycles. The molecular weight excluding hydrogens is 238 g/mol. The van der Waals surface area contributed by atoms with Gasteiger partial charge in [0.15, 0.2) is 0 Å². The van der Waals surface area contributed by atoms with Crippen molar-refractivity contribution in [1.82, 2.24) is 10.6 Å². The zero-order valence-corrected chi connectivity index (χ0v) is 10.4. The van der Waals surface area contributed by atoms with Gasteiger partial charge >= 0.3 is 11.8 Å². The van der Waals surface area contributed by atoms with Gasteiger partial charge in [-0.05, 0) is 37.5 Å². The van der Waals surface area contributed by atoms with Crippen molar-refractivity contribution in [3.63, 3.8) is 0 Å². The van der Waals surface area contributed by atoms with Gasteiger partial charge in [-0.1, -0.05) is 12.2 Å². The largest absolute Gasteiger partial charge is 0.392 e. The van der Waals surface area contributed by atoms with Crippen LogP contribution in [0.25, 0.3) is 0 Å². The van der Waals surface area contributed by atoms with Gasteiger partial charge in [0, 0.05) is 6.04 Å². The Hall–Kier alpha value is -1.17. The summed E-state index contributed by atoms with van der Waals surface area (Å²) in [6.45, 7) is 0.0686. The standard InChI is InChI=1S/C11H17N3O2S/c12-8(17)5-13-10(15)11(16)14-9(6-1-2-6)7-3-4-7/h6-7,9H,1-5H2,(H2,12,17)(H,13,15)(H,14,16). The van der Waals surface area contributed by atoms with Crippen molar-refractivity contribution in [2.75, 3.05) is 6.54 Å². The van der Waals surface area contributed by atoms with Crippen molar-refractivity contribution in [3.05, 3.63) is 0 Å². The van der Waals surface area contributed by atoms with Crippen molar-refractivity contribution in [1.29, 1.82) is 0 Å². The fourth-order valence-electron chi connectivity index (χ4n) is 2.00. The van der Waals surface area contributed by atoms with Crippen molar-refractivity contribution in [2.45, 2.75) is 31.7 Å². The van der Waals surface area contributed by atoms with E-state index in [0.717, 1.165) is 25.7 Å². The average molecular weight is 255 g/mol. The number of thiocarbonyl (C=S) groups is 1. The number of nitrogens with one attached hydrogen (secondary N) is 2. The first kappa shape index (κ1) is 12.3. The Morgan fingerprint density at radius 2 is 1.71 bits per heavy atom. The van der Waals surface area contributed by atoms with E-state index < -0.39 is 11.8 Å². The zero-order chi connectivity index (χ0) is 12.4. The van der Waals surface area contributed by atoms with Crippen LogP contribution in [0, 0.1) is 11.8 Å². The van der Waals surface area contributed by atoms with Gasteiger partial charge in [0.25, 0.3) is 0 Å². The normalized spacial score (nSPS) is 18.9. The van der Waals surface area contributed by atoms with Gasteiger partial charge in [0.05, 0.1) is 11.5 Å². The van der Waals surface area contributed by atoms with Crippen LogP contribution in [-0.4, -0.2) is 29.4 Å². The smallest absolute Gasteiger partial charge is 0.309 e. The molecule has 4 N–H and O–H groups in total. The molecule has 2 saturated carbocycles. The molecule has 0 spiro atoms. The second-order valence-electron chi connectivity index (χ2n) is 4.82. The SMILES string of the molecule is NC(=S)CNC(=O)C(=O)NC(C1CC1)C1CC1. The van der Waals surface area contributed by atoms with E-state index in [1.165, 1.54) is 0 Å². The number of rotatable bonds is 5. The molecule has 0 aromatic rings. The predicted molar refractivity (Wildman–Crippen MR) is 67.2 cm³/mol. The van der Waals surface area contributed by atoms with Crippen LogP contribution in [0.3, 0.4) is 0 Å². The first-order chi connectivity index (χ1) is 8.08. The molecule has 2 fully saturated rings. The summed E-state index contributed by atoms with van der Waals surface area (Å²) < 4.78 is 0. The minimum Gasteiger partial charge on any atom is -0.392 e. The molecule has 0 radical (unpaired) electrons. The van der Waals surface area contributed by atoms with Crippen LogP contribution in [0.5, 0.6) is 0 Å². The Balaban J connectivity index is 1.78. The average Bonchev–Trinajstić information content (AvgIpc) is 3.15. The quantitative estimate of drug-likeness (QED) is 0.465. The third-order valence-corrected chi connectivity index (χ3v) is 3.33. The van der Waals surface area contributed by atoms with Gasteiger partial charge in [-0.25, -0.2) is 0 Å². The van der Waals surface area contributed by atoms with Crippen molar-refractivity contribution in [3.8, 4) is 0 Å². The van der Waals surface area contributed by atoms with Crippen LogP contribution >= 0.6 is 12.2 Å². The number of hydrogen-bond acceptors (Lipinski definition) is 3. The summed E-state index contributed by atoms with van der Waals surface area (Å²) in [7, 11) is 0. The van der Waals surface area contributed by atoms with E-state index >= 15 is 0 Å². The summed E-state index contributed by atoms with van der Waals surface area (Å²) in [5.74, 6) is -0.0566. The summed E-state index contributed by atoms with van der Waals surface area (Å²) >= 11 is 4.62.